The van der Waals surface area contributed by atoms with E-state index in [1.54, 1.807) is 63.6 Å². The van der Waals surface area contributed by atoms with Gasteiger partial charge in [-0.2, -0.15) is 0 Å². The van der Waals surface area contributed by atoms with Gasteiger partial charge in [0.15, 0.2) is 11.5 Å². The summed E-state index contributed by atoms with van der Waals surface area (Å²) in [6, 6.07) is 18.4. The van der Waals surface area contributed by atoms with Gasteiger partial charge < -0.3 is 14.8 Å². The Morgan fingerprint density at radius 1 is 0.971 bits per heavy atom. The molecular weight excluding hydrogens is 476 g/mol. The fourth-order valence-corrected chi connectivity index (χ4v) is 5.22. The van der Waals surface area contributed by atoms with Crippen LogP contribution in [0.4, 0.5) is 5.69 Å². The first-order valence-electron chi connectivity index (χ1n) is 10.6. The monoisotopic (exact) mass is 502 g/mol. The van der Waals surface area contributed by atoms with Gasteiger partial charge in [-0.3, -0.25) is 9.10 Å². The van der Waals surface area contributed by atoms with Crippen LogP contribution in [-0.4, -0.2) is 41.6 Å². The molecule has 0 fully saturated rings. The molecule has 0 saturated heterocycles. The number of rotatable bonds is 10. The number of halogens is 1. The van der Waals surface area contributed by atoms with Crippen molar-refractivity contribution in [2.24, 2.45) is 0 Å². The molecule has 3 aromatic carbocycles. The highest BCUT2D eigenvalue weighted by Gasteiger charge is 2.28. The van der Waals surface area contributed by atoms with Gasteiger partial charge in [0.2, 0.25) is 5.91 Å². The summed E-state index contributed by atoms with van der Waals surface area (Å²) in [5.41, 5.74) is 1.98. The van der Waals surface area contributed by atoms with Gasteiger partial charge in [-0.25, -0.2) is 8.42 Å². The Labute approximate surface area is 205 Å². The third-order valence-electron chi connectivity index (χ3n) is 5.23. The van der Waals surface area contributed by atoms with Gasteiger partial charge >= 0.3 is 0 Å². The smallest absolute Gasteiger partial charge is 0.264 e. The summed E-state index contributed by atoms with van der Waals surface area (Å²) in [4.78, 5) is 12.9. The molecule has 0 heterocycles. The van der Waals surface area contributed by atoms with Gasteiger partial charge in [-0.1, -0.05) is 35.9 Å². The lowest BCUT2D eigenvalue weighted by atomic mass is 10.1. The van der Waals surface area contributed by atoms with Crippen molar-refractivity contribution in [2.45, 2.75) is 18.2 Å². The molecule has 0 aromatic heterocycles. The number of benzene rings is 3. The number of amides is 1. The van der Waals surface area contributed by atoms with Crippen molar-refractivity contribution in [1.29, 1.82) is 0 Å². The van der Waals surface area contributed by atoms with Gasteiger partial charge in [-0.05, 0) is 66.9 Å². The van der Waals surface area contributed by atoms with Crippen LogP contribution in [0.2, 0.25) is 5.02 Å². The molecule has 0 aliphatic rings. The van der Waals surface area contributed by atoms with Crippen molar-refractivity contribution in [2.75, 3.05) is 31.6 Å². The predicted molar refractivity (Wildman–Crippen MR) is 133 cm³/mol. The van der Waals surface area contributed by atoms with E-state index in [0.29, 0.717) is 40.7 Å². The van der Waals surface area contributed by atoms with E-state index >= 15 is 0 Å². The SMILES string of the molecule is COc1ccc(CCNC(=O)CN(c2ccc(Cl)cc2C)S(=O)(=O)c2ccccc2)cc1OC. The molecule has 0 atom stereocenters. The second-order valence-corrected chi connectivity index (χ2v) is 9.84. The summed E-state index contributed by atoms with van der Waals surface area (Å²) < 4.78 is 38.5. The van der Waals surface area contributed by atoms with E-state index in [-0.39, 0.29) is 11.4 Å². The van der Waals surface area contributed by atoms with Crippen LogP contribution < -0.4 is 19.1 Å². The molecule has 0 saturated carbocycles. The number of ether oxygens (including phenoxy) is 2. The quantitative estimate of drug-likeness (QED) is 0.448. The summed E-state index contributed by atoms with van der Waals surface area (Å²) in [6.07, 6.45) is 0.539. The minimum atomic E-state index is -3.98. The van der Waals surface area contributed by atoms with Crippen LogP contribution in [0.1, 0.15) is 11.1 Å². The first-order chi connectivity index (χ1) is 16.3. The molecule has 0 aliphatic carbocycles. The fraction of sp³-hybridized carbons (Fsp3) is 0.240. The maximum absolute atomic E-state index is 13.4. The zero-order chi connectivity index (χ0) is 24.7. The Morgan fingerprint density at radius 2 is 1.68 bits per heavy atom. The molecule has 0 aliphatic heterocycles. The Bertz CT molecular complexity index is 1250. The summed E-state index contributed by atoms with van der Waals surface area (Å²) in [6.45, 7) is 1.71. The van der Waals surface area contributed by atoms with E-state index in [2.05, 4.69) is 5.32 Å². The first kappa shape index (κ1) is 25.4. The molecule has 180 valence electrons. The molecule has 1 amide bonds. The van der Waals surface area contributed by atoms with Crippen molar-refractivity contribution in [3.63, 3.8) is 0 Å². The number of carbonyl (C=O) groups excluding carboxylic acids is 1. The summed E-state index contributed by atoms with van der Waals surface area (Å²) in [5, 5.41) is 3.29. The standard InChI is InChI=1S/C25H27ClN2O5S/c1-18-15-20(26)10-11-22(18)28(34(30,31)21-7-5-4-6-8-21)17-25(29)27-14-13-19-9-12-23(32-2)24(16-19)33-3/h4-12,15-16H,13-14,17H2,1-3H3,(H,27,29). The van der Waals surface area contributed by atoms with Crippen molar-refractivity contribution < 1.29 is 22.7 Å². The van der Waals surface area contributed by atoms with E-state index < -0.39 is 15.9 Å². The van der Waals surface area contributed by atoms with Crippen molar-refractivity contribution in [1.82, 2.24) is 5.32 Å². The van der Waals surface area contributed by atoms with Crippen molar-refractivity contribution in [3.8, 4) is 11.5 Å². The number of sulfonamides is 1. The minimum Gasteiger partial charge on any atom is -0.493 e. The lowest BCUT2D eigenvalue weighted by Gasteiger charge is -2.25. The third kappa shape index (κ3) is 6.01. The lowest BCUT2D eigenvalue weighted by molar-refractivity contribution is -0.119. The second-order valence-electron chi connectivity index (χ2n) is 7.54. The second kappa shape index (κ2) is 11.3. The van der Waals surface area contributed by atoms with Gasteiger partial charge in [0.1, 0.15) is 6.54 Å². The van der Waals surface area contributed by atoms with E-state index in [1.807, 2.05) is 12.1 Å². The molecule has 3 rings (SSSR count). The van der Waals surface area contributed by atoms with E-state index in [4.69, 9.17) is 21.1 Å². The summed E-state index contributed by atoms with van der Waals surface area (Å²) >= 11 is 6.06. The van der Waals surface area contributed by atoms with E-state index in [9.17, 15) is 13.2 Å². The van der Waals surface area contributed by atoms with Crippen molar-refractivity contribution in [3.05, 3.63) is 82.9 Å². The topological polar surface area (TPSA) is 84.9 Å². The average molecular weight is 503 g/mol. The van der Waals surface area contributed by atoms with Crippen LogP contribution >= 0.6 is 11.6 Å². The Balaban J connectivity index is 1.77. The van der Waals surface area contributed by atoms with Gasteiger partial charge in [0, 0.05) is 11.6 Å². The van der Waals surface area contributed by atoms with Crippen LogP contribution in [-0.2, 0) is 21.2 Å². The van der Waals surface area contributed by atoms with Crippen LogP contribution in [0, 0.1) is 6.92 Å². The summed E-state index contributed by atoms with van der Waals surface area (Å²) in [5.74, 6) is 0.800. The Hall–Kier alpha value is -3.23. The Kier molecular flexibility index (Phi) is 8.41. The molecule has 3 aromatic rings. The van der Waals surface area contributed by atoms with Crippen LogP contribution in [0.25, 0.3) is 0 Å². The third-order valence-corrected chi connectivity index (χ3v) is 7.24. The highest BCUT2D eigenvalue weighted by molar-refractivity contribution is 7.92. The zero-order valence-electron chi connectivity index (χ0n) is 19.2. The van der Waals surface area contributed by atoms with Crippen molar-refractivity contribution >= 4 is 33.2 Å². The molecule has 0 spiro atoms. The van der Waals surface area contributed by atoms with Gasteiger partial charge in [0.05, 0.1) is 24.8 Å². The molecule has 7 nitrogen and oxygen atoms in total. The number of methoxy groups -OCH3 is 2. The summed E-state index contributed by atoms with van der Waals surface area (Å²) in [7, 11) is -0.855. The predicted octanol–water partition coefficient (Wildman–Crippen LogP) is 4.22. The molecule has 9 heteroatoms. The number of nitrogens with zero attached hydrogens (tertiary/aromatic N) is 1. The van der Waals surface area contributed by atoms with Crippen LogP contribution in [0.5, 0.6) is 11.5 Å². The van der Waals surface area contributed by atoms with E-state index in [1.165, 1.54) is 12.1 Å². The number of anilines is 1. The maximum atomic E-state index is 13.4. The molecule has 34 heavy (non-hydrogen) atoms. The fourth-order valence-electron chi connectivity index (χ4n) is 3.49. The van der Waals surface area contributed by atoms with Gasteiger partial charge in [-0.15, -0.1) is 0 Å². The number of nitrogens with one attached hydrogen (secondary N) is 1. The number of aryl methyl sites for hydroxylation is 1. The Morgan fingerprint density at radius 3 is 2.32 bits per heavy atom. The first-order valence-corrected chi connectivity index (χ1v) is 12.4. The molecule has 0 unspecified atom stereocenters. The number of hydrogen-bond acceptors (Lipinski definition) is 5. The molecule has 1 N–H and O–H groups in total. The number of carbonyl (C=O) groups is 1. The maximum Gasteiger partial charge on any atom is 0.264 e. The zero-order valence-corrected chi connectivity index (χ0v) is 20.8. The molecule has 0 bridgehead atoms. The highest BCUT2D eigenvalue weighted by atomic mass is 35.5. The minimum absolute atomic E-state index is 0.0995. The van der Waals surface area contributed by atoms with Crippen LogP contribution in [0.3, 0.4) is 0 Å². The van der Waals surface area contributed by atoms with E-state index in [0.717, 1.165) is 9.87 Å². The highest BCUT2D eigenvalue weighted by Crippen LogP contribution is 2.29. The normalized spacial score (nSPS) is 11.1. The number of hydrogen-bond donors (Lipinski definition) is 1. The lowest BCUT2D eigenvalue weighted by Crippen LogP contribution is -2.41. The van der Waals surface area contributed by atoms with Gasteiger partial charge in [0.25, 0.3) is 10.0 Å². The average Bonchev–Trinajstić information content (AvgIpc) is 2.83. The molecular formula is C25H27ClN2O5S. The largest absolute Gasteiger partial charge is 0.493 e. The molecule has 0 radical (unpaired) electrons. The van der Waals surface area contributed by atoms with Crippen LogP contribution in [0.15, 0.2) is 71.6 Å².